The van der Waals surface area contributed by atoms with E-state index >= 15 is 0 Å². The highest BCUT2D eigenvalue weighted by atomic mass is 16.4. The highest BCUT2D eigenvalue weighted by Gasteiger charge is 2.25. The third-order valence-corrected chi connectivity index (χ3v) is 4.33. The Balaban J connectivity index is 1.91. The van der Waals surface area contributed by atoms with E-state index in [1.54, 1.807) is 0 Å². The quantitative estimate of drug-likeness (QED) is 0.904. The number of benzene rings is 1. The summed E-state index contributed by atoms with van der Waals surface area (Å²) in [6.45, 7) is 4.96. The molecule has 1 fully saturated rings. The van der Waals surface area contributed by atoms with Gasteiger partial charge in [-0.05, 0) is 48.9 Å². The average Bonchev–Trinajstić information content (AvgIpc) is 2.47. The fraction of sp³-hybridized carbons (Fsp3) is 0.529. The third kappa shape index (κ3) is 4.57. The van der Waals surface area contributed by atoms with E-state index in [4.69, 9.17) is 10.4 Å². The number of aliphatic carboxylic acids is 1. The van der Waals surface area contributed by atoms with Crippen molar-refractivity contribution in [1.29, 1.82) is 5.26 Å². The zero-order valence-corrected chi connectivity index (χ0v) is 12.5. The molecule has 0 aromatic heterocycles. The van der Waals surface area contributed by atoms with Crippen LogP contribution >= 0.6 is 0 Å². The molecule has 0 spiro atoms. The van der Waals surface area contributed by atoms with Crippen LogP contribution in [-0.4, -0.2) is 29.1 Å². The number of rotatable bonds is 5. The normalized spacial score (nSPS) is 20.7. The summed E-state index contributed by atoms with van der Waals surface area (Å²) in [6, 6.07) is 9.84. The molecular formula is C17H22N2O2. The molecule has 2 rings (SSSR count). The number of carboxylic acid groups (broad SMARTS) is 1. The van der Waals surface area contributed by atoms with E-state index < -0.39 is 5.97 Å². The summed E-state index contributed by atoms with van der Waals surface area (Å²) >= 11 is 0. The molecule has 1 aromatic rings. The highest BCUT2D eigenvalue weighted by Crippen LogP contribution is 2.27. The standard InChI is InChI=1S/C17H22N2O2/c1-13(9-17(20)21)16-3-2-8-19(12-16)11-15-6-4-14(10-18)5-7-15/h4-7,13,16H,2-3,8-9,11-12H2,1H3,(H,20,21). The van der Waals surface area contributed by atoms with Gasteiger partial charge < -0.3 is 5.11 Å². The van der Waals surface area contributed by atoms with Crippen LogP contribution in [0, 0.1) is 23.2 Å². The van der Waals surface area contributed by atoms with Gasteiger partial charge in [0.25, 0.3) is 0 Å². The Bertz CT molecular complexity index is 519. The summed E-state index contributed by atoms with van der Waals surface area (Å²) < 4.78 is 0. The Kier molecular flexibility index (Phi) is 5.35. The van der Waals surface area contributed by atoms with E-state index in [1.165, 1.54) is 5.56 Å². The van der Waals surface area contributed by atoms with Gasteiger partial charge in [0, 0.05) is 19.5 Å². The zero-order valence-electron chi connectivity index (χ0n) is 12.5. The van der Waals surface area contributed by atoms with Gasteiger partial charge in [0.15, 0.2) is 0 Å². The Morgan fingerprint density at radius 2 is 2.19 bits per heavy atom. The lowest BCUT2D eigenvalue weighted by Crippen LogP contribution is -2.37. The minimum Gasteiger partial charge on any atom is -0.481 e. The first-order valence-electron chi connectivity index (χ1n) is 7.51. The zero-order chi connectivity index (χ0) is 15.2. The number of nitriles is 1. The van der Waals surface area contributed by atoms with E-state index in [9.17, 15) is 4.79 Å². The maximum absolute atomic E-state index is 10.8. The lowest BCUT2D eigenvalue weighted by atomic mass is 9.84. The third-order valence-electron chi connectivity index (χ3n) is 4.33. The summed E-state index contributed by atoms with van der Waals surface area (Å²) in [4.78, 5) is 13.2. The van der Waals surface area contributed by atoms with Crippen molar-refractivity contribution >= 4 is 5.97 Å². The maximum Gasteiger partial charge on any atom is 0.303 e. The molecule has 1 N–H and O–H groups in total. The second kappa shape index (κ2) is 7.24. The summed E-state index contributed by atoms with van der Waals surface area (Å²) in [5, 5.41) is 17.7. The van der Waals surface area contributed by atoms with Crippen LogP contribution in [0.3, 0.4) is 0 Å². The molecule has 1 aliphatic heterocycles. The molecule has 0 bridgehead atoms. The SMILES string of the molecule is CC(CC(=O)O)C1CCCN(Cc2ccc(C#N)cc2)C1. The molecular weight excluding hydrogens is 264 g/mol. The first-order valence-corrected chi connectivity index (χ1v) is 7.51. The molecule has 112 valence electrons. The number of nitrogens with zero attached hydrogens (tertiary/aromatic N) is 2. The molecule has 1 saturated heterocycles. The van der Waals surface area contributed by atoms with E-state index in [0.29, 0.717) is 11.5 Å². The fourth-order valence-electron chi connectivity index (χ4n) is 3.08. The first kappa shape index (κ1) is 15.5. The maximum atomic E-state index is 10.8. The van der Waals surface area contributed by atoms with E-state index in [1.807, 2.05) is 31.2 Å². The van der Waals surface area contributed by atoms with E-state index in [2.05, 4.69) is 11.0 Å². The van der Waals surface area contributed by atoms with Crippen molar-refractivity contribution in [3.05, 3.63) is 35.4 Å². The molecule has 0 radical (unpaired) electrons. The van der Waals surface area contributed by atoms with Crippen molar-refractivity contribution in [3.8, 4) is 6.07 Å². The Morgan fingerprint density at radius 1 is 1.48 bits per heavy atom. The van der Waals surface area contributed by atoms with E-state index in [0.717, 1.165) is 32.5 Å². The molecule has 2 unspecified atom stereocenters. The first-order chi connectivity index (χ1) is 10.1. The molecule has 4 nitrogen and oxygen atoms in total. The highest BCUT2D eigenvalue weighted by molar-refractivity contribution is 5.67. The van der Waals surface area contributed by atoms with Crippen molar-refractivity contribution in [2.45, 2.75) is 32.7 Å². The number of hydrogen-bond acceptors (Lipinski definition) is 3. The molecule has 21 heavy (non-hydrogen) atoms. The molecule has 0 saturated carbocycles. The fourth-order valence-corrected chi connectivity index (χ4v) is 3.08. The van der Waals surface area contributed by atoms with E-state index in [-0.39, 0.29) is 12.3 Å². The average molecular weight is 286 g/mol. The number of carbonyl (C=O) groups is 1. The van der Waals surface area contributed by atoms with Gasteiger partial charge in [0.2, 0.25) is 0 Å². The summed E-state index contributed by atoms with van der Waals surface area (Å²) in [5.74, 6) is -0.00814. The van der Waals surface area contributed by atoms with Gasteiger partial charge in [-0.3, -0.25) is 9.69 Å². The van der Waals surface area contributed by atoms with Crippen LogP contribution in [0.5, 0.6) is 0 Å². The Labute approximate surface area is 126 Å². The largest absolute Gasteiger partial charge is 0.481 e. The van der Waals surface area contributed by atoms with Crippen LogP contribution in [0.25, 0.3) is 0 Å². The number of likely N-dealkylation sites (tertiary alicyclic amines) is 1. The number of piperidine rings is 1. The summed E-state index contributed by atoms with van der Waals surface area (Å²) in [7, 11) is 0. The minimum absolute atomic E-state index is 0.228. The molecule has 1 aliphatic rings. The number of hydrogen-bond donors (Lipinski definition) is 1. The Hall–Kier alpha value is -1.86. The van der Waals surface area contributed by atoms with Gasteiger partial charge in [-0.25, -0.2) is 0 Å². The lowest BCUT2D eigenvalue weighted by Gasteiger charge is -2.35. The predicted molar refractivity (Wildman–Crippen MR) is 80.6 cm³/mol. The molecule has 1 heterocycles. The Morgan fingerprint density at radius 3 is 2.81 bits per heavy atom. The van der Waals surface area contributed by atoms with Crippen LogP contribution in [0.4, 0.5) is 0 Å². The molecule has 2 atom stereocenters. The van der Waals surface area contributed by atoms with Crippen molar-refractivity contribution in [3.63, 3.8) is 0 Å². The minimum atomic E-state index is -0.702. The number of carboxylic acids is 1. The van der Waals surface area contributed by atoms with Gasteiger partial charge in [0.05, 0.1) is 11.6 Å². The molecule has 1 aromatic carbocycles. The van der Waals surface area contributed by atoms with Gasteiger partial charge in [-0.2, -0.15) is 5.26 Å². The summed E-state index contributed by atoms with van der Waals surface area (Å²) in [6.07, 6.45) is 2.51. The molecule has 0 aliphatic carbocycles. The second-order valence-corrected chi connectivity index (χ2v) is 6.02. The van der Waals surface area contributed by atoms with Crippen molar-refractivity contribution in [2.75, 3.05) is 13.1 Å². The van der Waals surface area contributed by atoms with Crippen LogP contribution in [0.2, 0.25) is 0 Å². The monoisotopic (exact) mass is 286 g/mol. The molecule has 0 amide bonds. The van der Waals surface area contributed by atoms with Gasteiger partial charge in [0.1, 0.15) is 0 Å². The molecule has 4 heteroatoms. The van der Waals surface area contributed by atoms with Crippen LogP contribution < -0.4 is 0 Å². The van der Waals surface area contributed by atoms with Crippen LogP contribution in [0.1, 0.15) is 37.3 Å². The van der Waals surface area contributed by atoms with Gasteiger partial charge in [-0.15, -0.1) is 0 Å². The van der Waals surface area contributed by atoms with Crippen molar-refractivity contribution in [1.82, 2.24) is 4.90 Å². The van der Waals surface area contributed by atoms with Crippen LogP contribution in [0.15, 0.2) is 24.3 Å². The topological polar surface area (TPSA) is 64.3 Å². The van der Waals surface area contributed by atoms with Crippen molar-refractivity contribution < 1.29 is 9.90 Å². The van der Waals surface area contributed by atoms with Crippen molar-refractivity contribution in [2.24, 2.45) is 11.8 Å². The lowest BCUT2D eigenvalue weighted by molar-refractivity contribution is -0.138. The predicted octanol–water partition coefficient (Wildman–Crippen LogP) is 2.88. The summed E-state index contributed by atoms with van der Waals surface area (Å²) in [5.41, 5.74) is 1.89. The van der Waals surface area contributed by atoms with Gasteiger partial charge in [-0.1, -0.05) is 19.1 Å². The smallest absolute Gasteiger partial charge is 0.303 e. The van der Waals surface area contributed by atoms with Crippen LogP contribution in [-0.2, 0) is 11.3 Å². The second-order valence-electron chi connectivity index (χ2n) is 6.02. The van der Waals surface area contributed by atoms with Gasteiger partial charge >= 0.3 is 5.97 Å².